The maximum absolute atomic E-state index is 3.99. The van der Waals surface area contributed by atoms with Gasteiger partial charge in [-0.1, -0.05) is 0 Å². The van der Waals surface area contributed by atoms with Gasteiger partial charge >= 0.3 is 0 Å². The minimum Gasteiger partial charge on any atom is -0.173 e. The zero-order valence-electron chi connectivity index (χ0n) is 3.80. The summed E-state index contributed by atoms with van der Waals surface area (Å²) in [7, 11) is 0.278. The highest BCUT2D eigenvalue weighted by Crippen LogP contribution is 2.07. The zero-order chi connectivity index (χ0) is 5.15. The predicted molar refractivity (Wildman–Crippen MR) is 42.4 cm³/mol. The maximum atomic E-state index is 3.99. The summed E-state index contributed by atoms with van der Waals surface area (Å²) in [6.07, 6.45) is 4.16. The van der Waals surface area contributed by atoms with E-state index < -0.39 is 0 Å². The van der Waals surface area contributed by atoms with Crippen LogP contribution in [0.25, 0.3) is 0 Å². The van der Waals surface area contributed by atoms with Crippen molar-refractivity contribution in [2.45, 2.75) is 0 Å². The third-order valence-electron chi connectivity index (χ3n) is 0.365. The molecule has 0 bridgehead atoms. The standard InChI is InChI=1S/C3H8S3/c1-6(2)3(4)5/h4-5H,1-2H3. The minimum atomic E-state index is 0.278. The molecule has 0 saturated heterocycles. The summed E-state index contributed by atoms with van der Waals surface area (Å²) < 4.78 is 0.926. The monoisotopic (exact) mass is 140 g/mol. The molecule has 0 fully saturated rings. The van der Waals surface area contributed by atoms with Crippen LogP contribution in [-0.4, -0.2) is 16.0 Å². The van der Waals surface area contributed by atoms with Gasteiger partial charge in [-0.05, 0) is 12.5 Å². The summed E-state index contributed by atoms with van der Waals surface area (Å²) in [5, 5.41) is 0. The summed E-state index contributed by atoms with van der Waals surface area (Å²) >= 11 is 7.97. The first kappa shape index (κ1) is 6.92. The van der Waals surface area contributed by atoms with Gasteiger partial charge < -0.3 is 0 Å². The predicted octanol–water partition coefficient (Wildman–Crippen LogP) is 1.46. The van der Waals surface area contributed by atoms with Gasteiger partial charge in [-0.25, -0.2) is 0 Å². The first-order valence-electron chi connectivity index (χ1n) is 1.47. The number of thiol groups is 2. The van der Waals surface area contributed by atoms with Crippen molar-refractivity contribution in [1.82, 2.24) is 0 Å². The normalized spacial score (nSPS) is 9.50. The van der Waals surface area contributed by atoms with Crippen LogP contribution in [0, 0.1) is 0 Å². The van der Waals surface area contributed by atoms with E-state index in [9.17, 15) is 0 Å². The molecule has 0 unspecified atom stereocenters. The van der Waals surface area contributed by atoms with Crippen molar-refractivity contribution in [3.63, 3.8) is 0 Å². The van der Waals surface area contributed by atoms with Crippen LogP contribution in [0.4, 0.5) is 0 Å². The molecule has 3 heteroatoms. The van der Waals surface area contributed by atoms with Crippen LogP contribution >= 0.6 is 35.7 Å². The Morgan fingerprint density at radius 1 is 1.33 bits per heavy atom. The molecule has 0 heterocycles. The van der Waals surface area contributed by atoms with E-state index in [-0.39, 0.29) is 10.5 Å². The lowest BCUT2D eigenvalue weighted by Crippen LogP contribution is -1.67. The molecule has 0 aliphatic rings. The Morgan fingerprint density at radius 3 is 1.50 bits per heavy atom. The molecular weight excluding hydrogens is 132 g/mol. The fraction of sp³-hybridized carbons (Fsp3) is 0.667. The second-order valence-corrected chi connectivity index (χ2v) is 4.99. The Bertz CT molecular complexity index is 56.1. The van der Waals surface area contributed by atoms with Crippen LogP contribution in [0.2, 0.25) is 0 Å². The molecule has 0 aromatic carbocycles. The molecule has 0 radical (unpaired) electrons. The van der Waals surface area contributed by atoms with E-state index in [2.05, 4.69) is 37.8 Å². The molecule has 0 spiro atoms. The van der Waals surface area contributed by atoms with E-state index >= 15 is 0 Å². The van der Waals surface area contributed by atoms with Crippen LogP contribution in [0.5, 0.6) is 0 Å². The number of hydrogen-bond acceptors (Lipinski definition) is 0. The highest BCUT2D eigenvalue weighted by atomic mass is 32.2. The van der Waals surface area contributed by atoms with Gasteiger partial charge in [0, 0.05) is 0 Å². The van der Waals surface area contributed by atoms with Crippen molar-refractivity contribution in [2.75, 3.05) is 12.5 Å². The van der Waals surface area contributed by atoms with Gasteiger partial charge in [-0.15, -0.1) is 25.3 Å². The molecule has 0 rings (SSSR count). The van der Waals surface area contributed by atoms with Gasteiger partial charge in [-0.2, -0.15) is 10.5 Å². The molecule has 38 valence electrons. The van der Waals surface area contributed by atoms with E-state index in [1.807, 2.05) is 0 Å². The van der Waals surface area contributed by atoms with Crippen LogP contribution < -0.4 is 0 Å². The van der Waals surface area contributed by atoms with E-state index in [1.54, 1.807) is 0 Å². The van der Waals surface area contributed by atoms with Gasteiger partial charge in [-0.3, -0.25) is 0 Å². The highest BCUT2D eigenvalue weighted by Gasteiger charge is 1.75. The molecule has 0 saturated carbocycles. The van der Waals surface area contributed by atoms with Crippen LogP contribution in [-0.2, 0) is 0 Å². The van der Waals surface area contributed by atoms with Crippen molar-refractivity contribution >= 4 is 39.3 Å². The Hall–Kier alpha value is 0.920. The van der Waals surface area contributed by atoms with Crippen molar-refractivity contribution < 1.29 is 0 Å². The van der Waals surface area contributed by atoms with Crippen molar-refractivity contribution in [1.29, 1.82) is 0 Å². The first-order valence-corrected chi connectivity index (χ1v) is 4.40. The lowest BCUT2D eigenvalue weighted by atomic mass is 11.9. The van der Waals surface area contributed by atoms with Gasteiger partial charge in [0.05, 0.1) is 3.53 Å². The second-order valence-electron chi connectivity index (χ2n) is 1.10. The van der Waals surface area contributed by atoms with Crippen LogP contribution in [0.1, 0.15) is 0 Å². The topological polar surface area (TPSA) is 0 Å². The third kappa shape index (κ3) is 3.12. The molecule has 0 atom stereocenters. The van der Waals surface area contributed by atoms with Gasteiger partial charge in [0.1, 0.15) is 0 Å². The summed E-state index contributed by atoms with van der Waals surface area (Å²) in [6, 6.07) is 0. The Labute approximate surface area is 52.1 Å². The summed E-state index contributed by atoms with van der Waals surface area (Å²) in [6.45, 7) is 0. The average molecular weight is 140 g/mol. The largest absolute Gasteiger partial charge is 0.173 e. The average Bonchev–Trinajstić information content (AvgIpc) is 1.36. The van der Waals surface area contributed by atoms with Gasteiger partial charge in [0.25, 0.3) is 0 Å². The van der Waals surface area contributed by atoms with Crippen LogP contribution in [0.15, 0.2) is 0 Å². The highest BCUT2D eigenvalue weighted by molar-refractivity contribution is 8.43. The molecule has 0 nitrogen and oxygen atoms in total. The Balaban J connectivity index is 3.68. The first-order chi connectivity index (χ1) is 2.64. The minimum absolute atomic E-state index is 0.278. The zero-order valence-corrected chi connectivity index (χ0v) is 6.41. The van der Waals surface area contributed by atoms with Gasteiger partial charge in [0.15, 0.2) is 0 Å². The van der Waals surface area contributed by atoms with Gasteiger partial charge in [0.2, 0.25) is 0 Å². The molecule has 0 aliphatic heterocycles. The third-order valence-corrected chi connectivity index (χ3v) is 3.29. The fourth-order valence-corrected chi connectivity index (χ4v) is 0. The quantitative estimate of drug-likeness (QED) is 0.369. The smallest absolute Gasteiger partial charge is 0.0575 e. The summed E-state index contributed by atoms with van der Waals surface area (Å²) in [5.41, 5.74) is 0. The van der Waals surface area contributed by atoms with Crippen molar-refractivity contribution in [3.05, 3.63) is 0 Å². The lowest BCUT2D eigenvalue weighted by molar-refractivity contribution is 2.36. The van der Waals surface area contributed by atoms with Crippen molar-refractivity contribution in [2.24, 2.45) is 0 Å². The maximum Gasteiger partial charge on any atom is 0.0575 e. The van der Waals surface area contributed by atoms with E-state index in [0.717, 1.165) is 3.53 Å². The molecule has 0 aromatic heterocycles. The lowest BCUT2D eigenvalue weighted by Gasteiger charge is -1.88. The second kappa shape index (κ2) is 2.99. The SMILES string of the molecule is CS(C)=C(S)S. The van der Waals surface area contributed by atoms with E-state index in [1.165, 1.54) is 0 Å². The molecular formula is C3H8S3. The summed E-state index contributed by atoms with van der Waals surface area (Å²) in [5.74, 6) is 0. The molecule has 0 N–H and O–H groups in total. The molecule has 0 amide bonds. The Kier molecular flexibility index (Phi) is 3.45. The van der Waals surface area contributed by atoms with E-state index in [4.69, 9.17) is 0 Å². The summed E-state index contributed by atoms with van der Waals surface area (Å²) in [4.78, 5) is 0. The number of hydrogen-bond donors (Lipinski definition) is 2. The molecule has 6 heavy (non-hydrogen) atoms. The molecule has 0 aliphatic carbocycles. The van der Waals surface area contributed by atoms with Crippen molar-refractivity contribution in [3.8, 4) is 0 Å². The Morgan fingerprint density at radius 2 is 1.50 bits per heavy atom. The van der Waals surface area contributed by atoms with E-state index in [0.29, 0.717) is 0 Å². The number of rotatable bonds is 0. The molecule has 0 aromatic rings. The fourth-order valence-electron chi connectivity index (χ4n) is 0. The van der Waals surface area contributed by atoms with Crippen LogP contribution in [0.3, 0.4) is 0 Å².